The van der Waals surface area contributed by atoms with Crippen LogP contribution in [0.1, 0.15) is 16.7 Å². The van der Waals surface area contributed by atoms with Crippen LogP contribution in [0.5, 0.6) is 0 Å². The fourth-order valence-corrected chi connectivity index (χ4v) is 2.79. The molecule has 0 aliphatic heterocycles. The van der Waals surface area contributed by atoms with E-state index in [1.807, 2.05) is 12.1 Å². The van der Waals surface area contributed by atoms with Crippen LogP contribution in [0, 0.1) is 11.8 Å². The summed E-state index contributed by atoms with van der Waals surface area (Å²) in [5.41, 5.74) is 3.62. The van der Waals surface area contributed by atoms with Crippen LogP contribution in [0.25, 0.3) is 10.8 Å². The van der Waals surface area contributed by atoms with E-state index in [4.69, 9.17) is 0 Å². The molecule has 0 saturated carbocycles. The van der Waals surface area contributed by atoms with E-state index in [1.54, 1.807) is 11.0 Å². The molecule has 25 heavy (non-hydrogen) atoms. The summed E-state index contributed by atoms with van der Waals surface area (Å²) >= 11 is 0. The van der Waals surface area contributed by atoms with Crippen LogP contribution in [0.3, 0.4) is 0 Å². The summed E-state index contributed by atoms with van der Waals surface area (Å²) in [6.07, 6.45) is 2.50. The van der Waals surface area contributed by atoms with Crippen molar-refractivity contribution in [2.45, 2.75) is 13.0 Å². The lowest BCUT2D eigenvalue weighted by molar-refractivity contribution is 0.670. The number of nitrogens with zero attached hydrogens (tertiary/aromatic N) is 4. The number of fused-ring (bicyclic) bond motifs is 1. The highest BCUT2D eigenvalue weighted by Gasteiger charge is 2.00. The van der Waals surface area contributed by atoms with Gasteiger partial charge in [-0.15, -0.1) is 5.10 Å². The zero-order chi connectivity index (χ0) is 16.9. The Kier molecular flexibility index (Phi) is 4.21. The Morgan fingerprint density at radius 3 is 2.56 bits per heavy atom. The molecule has 3 aromatic carbocycles. The number of hydrogen-bond acceptors (Lipinski definition) is 3. The van der Waals surface area contributed by atoms with Gasteiger partial charge in [0.15, 0.2) is 0 Å². The second-order valence-electron chi connectivity index (χ2n) is 5.87. The van der Waals surface area contributed by atoms with E-state index in [1.165, 1.54) is 21.9 Å². The quantitative estimate of drug-likeness (QED) is 0.542. The Morgan fingerprint density at radius 2 is 1.72 bits per heavy atom. The summed E-state index contributed by atoms with van der Waals surface area (Å²) in [4.78, 5) is 0. The summed E-state index contributed by atoms with van der Waals surface area (Å²) in [5, 5.41) is 13.4. The molecule has 0 aliphatic rings. The highest BCUT2D eigenvalue weighted by molar-refractivity contribution is 5.84. The molecular weight excluding hydrogens is 308 g/mol. The van der Waals surface area contributed by atoms with Crippen molar-refractivity contribution in [3.63, 3.8) is 0 Å². The molecule has 120 valence electrons. The van der Waals surface area contributed by atoms with Crippen molar-refractivity contribution in [3.8, 4) is 11.8 Å². The molecule has 0 aliphatic carbocycles. The van der Waals surface area contributed by atoms with E-state index in [2.05, 4.69) is 82.0 Å². The Bertz CT molecular complexity index is 1040. The van der Waals surface area contributed by atoms with Gasteiger partial charge in [0.2, 0.25) is 0 Å². The lowest BCUT2D eigenvalue weighted by atomic mass is 10.00. The van der Waals surface area contributed by atoms with Gasteiger partial charge in [0.1, 0.15) is 12.9 Å². The molecule has 0 bridgehead atoms. The smallest absolute Gasteiger partial charge is 0.139 e. The maximum absolute atomic E-state index is 3.80. The lowest BCUT2D eigenvalue weighted by Gasteiger charge is -2.05. The van der Waals surface area contributed by atoms with Crippen molar-refractivity contribution in [1.29, 1.82) is 0 Å². The molecular formula is C21H16N4. The molecule has 0 spiro atoms. The van der Waals surface area contributed by atoms with E-state index < -0.39 is 0 Å². The van der Waals surface area contributed by atoms with Gasteiger partial charge in [-0.3, -0.25) is 0 Å². The van der Waals surface area contributed by atoms with Gasteiger partial charge in [-0.25, -0.2) is 4.68 Å². The molecule has 4 aromatic rings. The number of benzene rings is 3. The molecule has 0 atom stereocenters. The molecule has 0 N–H and O–H groups in total. The van der Waals surface area contributed by atoms with Crippen LogP contribution in [-0.4, -0.2) is 20.2 Å². The van der Waals surface area contributed by atoms with Crippen LogP contribution in [0.15, 0.2) is 73.1 Å². The predicted molar refractivity (Wildman–Crippen MR) is 97.9 cm³/mol. The average molecular weight is 324 g/mol. The minimum absolute atomic E-state index is 0.485. The van der Waals surface area contributed by atoms with Crippen LogP contribution in [0.4, 0.5) is 0 Å². The van der Waals surface area contributed by atoms with Crippen molar-refractivity contribution in [3.05, 3.63) is 89.7 Å². The summed E-state index contributed by atoms with van der Waals surface area (Å²) in [6, 6.07) is 23.4. The third-order valence-electron chi connectivity index (χ3n) is 4.02. The third-order valence-corrected chi connectivity index (χ3v) is 4.02. The summed E-state index contributed by atoms with van der Waals surface area (Å²) in [5.74, 6) is 6.27. The molecule has 0 unspecified atom stereocenters. The normalized spacial score (nSPS) is 10.4. The first-order chi connectivity index (χ1) is 12.4. The molecule has 0 radical (unpaired) electrons. The summed E-state index contributed by atoms with van der Waals surface area (Å²) < 4.78 is 1.60. The number of hydrogen-bond donors (Lipinski definition) is 0. The van der Waals surface area contributed by atoms with Crippen LogP contribution >= 0.6 is 0 Å². The first-order valence-electron chi connectivity index (χ1n) is 8.13. The van der Waals surface area contributed by atoms with E-state index in [-0.39, 0.29) is 0 Å². The maximum atomic E-state index is 3.80. The molecule has 4 nitrogen and oxygen atoms in total. The molecule has 1 aromatic heterocycles. The number of rotatable bonds is 3. The Balaban J connectivity index is 1.57. The second kappa shape index (κ2) is 6.98. The van der Waals surface area contributed by atoms with Crippen molar-refractivity contribution < 1.29 is 0 Å². The number of tetrazole rings is 1. The molecule has 0 fully saturated rings. The zero-order valence-corrected chi connectivity index (χ0v) is 13.6. The topological polar surface area (TPSA) is 43.6 Å². The zero-order valence-electron chi connectivity index (χ0n) is 13.6. The van der Waals surface area contributed by atoms with Crippen LogP contribution in [-0.2, 0) is 13.0 Å². The number of aromatic nitrogens is 4. The molecule has 4 rings (SSSR count). The van der Waals surface area contributed by atoms with Crippen molar-refractivity contribution in [2.24, 2.45) is 0 Å². The standard InChI is InChI=1S/C21H16N4/c1-2-5-17(6-3-1)13-19-9-11-20-10-8-18(14-21(20)15-19)7-4-12-25-16-22-23-24-25/h1-3,5-6,8-11,14-16H,12-13H2. The van der Waals surface area contributed by atoms with E-state index in [9.17, 15) is 0 Å². The van der Waals surface area contributed by atoms with Gasteiger partial charge in [0.05, 0.1) is 0 Å². The second-order valence-corrected chi connectivity index (χ2v) is 5.87. The van der Waals surface area contributed by atoms with Crippen molar-refractivity contribution >= 4 is 10.8 Å². The van der Waals surface area contributed by atoms with Gasteiger partial charge in [-0.1, -0.05) is 66.4 Å². The van der Waals surface area contributed by atoms with Gasteiger partial charge in [-0.05, 0) is 50.9 Å². The van der Waals surface area contributed by atoms with E-state index in [0.29, 0.717) is 6.54 Å². The average Bonchev–Trinajstić information content (AvgIpc) is 3.16. The van der Waals surface area contributed by atoms with Crippen LogP contribution in [0.2, 0.25) is 0 Å². The molecule has 0 amide bonds. The predicted octanol–water partition coefficient (Wildman–Crippen LogP) is 3.47. The SMILES string of the molecule is C(#Cc1ccc2ccc(Cc3ccccc3)cc2c1)Cn1cnnn1. The van der Waals surface area contributed by atoms with Gasteiger partial charge in [0, 0.05) is 5.56 Å². The summed E-state index contributed by atoms with van der Waals surface area (Å²) in [6.45, 7) is 0.485. The lowest BCUT2D eigenvalue weighted by Crippen LogP contribution is -1.95. The van der Waals surface area contributed by atoms with Gasteiger partial charge < -0.3 is 0 Å². The van der Waals surface area contributed by atoms with Crippen LogP contribution < -0.4 is 0 Å². The molecule has 4 heteroatoms. The van der Waals surface area contributed by atoms with E-state index >= 15 is 0 Å². The maximum Gasteiger partial charge on any atom is 0.139 e. The fourth-order valence-electron chi connectivity index (χ4n) is 2.79. The fraction of sp³-hybridized carbons (Fsp3) is 0.0952. The molecule has 1 heterocycles. The van der Waals surface area contributed by atoms with Gasteiger partial charge >= 0.3 is 0 Å². The monoisotopic (exact) mass is 324 g/mol. The van der Waals surface area contributed by atoms with Gasteiger partial charge in [-0.2, -0.15) is 0 Å². The first-order valence-corrected chi connectivity index (χ1v) is 8.13. The highest BCUT2D eigenvalue weighted by Crippen LogP contribution is 2.19. The minimum Gasteiger partial charge on any atom is -0.221 e. The van der Waals surface area contributed by atoms with Gasteiger partial charge in [0.25, 0.3) is 0 Å². The first kappa shape index (κ1) is 15.1. The van der Waals surface area contributed by atoms with E-state index in [0.717, 1.165) is 12.0 Å². The van der Waals surface area contributed by atoms with Crippen molar-refractivity contribution in [1.82, 2.24) is 20.2 Å². The summed E-state index contributed by atoms with van der Waals surface area (Å²) in [7, 11) is 0. The minimum atomic E-state index is 0.485. The third kappa shape index (κ3) is 3.73. The Morgan fingerprint density at radius 1 is 0.840 bits per heavy atom. The highest BCUT2D eigenvalue weighted by atomic mass is 15.5. The molecule has 0 saturated heterocycles. The largest absolute Gasteiger partial charge is 0.221 e. The van der Waals surface area contributed by atoms with Crippen molar-refractivity contribution in [2.75, 3.05) is 0 Å². The Hall–Kier alpha value is -3.45. The Labute approximate surface area is 146 Å².